The number of hydrazine groups is 1. The molecule has 0 aromatic heterocycles. The van der Waals surface area contributed by atoms with E-state index in [1.165, 1.54) is 0 Å². The Hall–Kier alpha value is -2.45. The quantitative estimate of drug-likeness (QED) is 0.435. The SMILES string of the molecule is N#CCC1CCN(C2NC3CNNC(=O)C3C(Nc3ccc(N4CCC(F)CC4)cc3)N2)CC1. The lowest BCUT2D eigenvalue weighted by atomic mass is 9.90. The van der Waals surface area contributed by atoms with E-state index >= 15 is 0 Å². The van der Waals surface area contributed by atoms with Crippen molar-refractivity contribution < 1.29 is 9.18 Å². The average molecular weight is 471 g/mol. The number of fused-ring (bicyclic) bond motifs is 1. The lowest BCUT2D eigenvalue weighted by molar-refractivity contribution is -0.132. The third-order valence-electron chi connectivity index (χ3n) is 7.71. The van der Waals surface area contributed by atoms with Crippen molar-refractivity contribution in [3.05, 3.63) is 24.3 Å². The number of rotatable bonds is 5. The molecule has 4 aliphatic heterocycles. The van der Waals surface area contributed by atoms with Gasteiger partial charge in [-0.05, 0) is 55.9 Å². The van der Waals surface area contributed by atoms with Crippen LogP contribution in [0.2, 0.25) is 0 Å². The Bertz CT molecular complexity index is 876. The molecule has 4 saturated heterocycles. The van der Waals surface area contributed by atoms with E-state index in [-0.39, 0.29) is 30.3 Å². The van der Waals surface area contributed by atoms with Gasteiger partial charge in [-0.3, -0.25) is 25.8 Å². The highest BCUT2D eigenvalue weighted by atomic mass is 19.1. The first kappa shape index (κ1) is 23.3. The van der Waals surface area contributed by atoms with Gasteiger partial charge in [-0.15, -0.1) is 0 Å². The number of carbonyl (C=O) groups is 1. The highest BCUT2D eigenvalue weighted by molar-refractivity contribution is 5.81. The second kappa shape index (κ2) is 10.4. The summed E-state index contributed by atoms with van der Waals surface area (Å²) < 4.78 is 13.5. The molecule has 5 rings (SSSR count). The molecule has 4 aliphatic rings. The van der Waals surface area contributed by atoms with Gasteiger partial charge in [-0.2, -0.15) is 5.26 Å². The molecule has 4 unspecified atom stereocenters. The van der Waals surface area contributed by atoms with Crippen molar-refractivity contribution in [3.63, 3.8) is 0 Å². The topological polar surface area (TPSA) is 107 Å². The molecule has 0 saturated carbocycles. The number of carbonyl (C=O) groups excluding carboxylic acids is 1. The second-order valence-corrected chi connectivity index (χ2v) is 9.91. The Morgan fingerprint density at radius 3 is 2.50 bits per heavy atom. The molecule has 34 heavy (non-hydrogen) atoms. The standard InChI is InChI=1S/C24H35FN8O/c25-17-8-13-32(14-9-17)19-3-1-18(2-4-19)28-22-21-20(15-27-31-23(21)34)29-24(30-22)33-11-6-16(5-10-26)7-12-33/h1-4,16-17,20-22,24,27-30H,5-9,11-15H2,(H,31,34). The summed E-state index contributed by atoms with van der Waals surface area (Å²) >= 11 is 0. The first-order valence-corrected chi connectivity index (χ1v) is 12.5. The Labute approximate surface area is 200 Å². The van der Waals surface area contributed by atoms with Crippen molar-refractivity contribution >= 4 is 17.3 Å². The van der Waals surface area contributed by atoms with E-state index in [9.17, 15) is 9.18 Å². The van der Waals surface area contributed by atoms with Crippen molar-refractivity contribution in [1.82, 2.24) is 26.4 Å². The van der Waals surface area contributed by atoms with E-state index in [0.717, 1.165) is 50.4 Å². The highest BCUT2D eigenvalue weighted by Crippen LogP contribution is 2.27. The number of benzene rings is 1. The van der Waals surface area contributed by atoms with Crippen LogP contribution < -0.4 is 31.7 Å². The number of alkyl halides is 1. The number of likely N-dealkylation sites (tertiary alicyclic amines) is 1. The summed E-state index contributed by atoms with van der Waals surface area (Å²) in [6.07, 6.45) is 2.86. The summed E-state index contributed by atoms with van der Waals surface area (Å²) in [7, 11) is 0. The number of piperidine rings is 2. The molecule has 5 N–H and O–H groups in total. The Kier molecular flexibility index (Phi) is 7.15. The fourth-order valence-electron chi connectivity index (χ4n) is 5.65. The number of hydrogen-bond acceptors (Lipinski definition) is 8. The van der Waals surface area contributed by atoms with Crippen LogP contribution in [0.4, 0.5) is 15.8 Å². The van der Waals surface area contributed by atoms with E-state index < -0.39 is 6.17 Å². The van der Waals surface area contributed by atoms with Gasteiger partial charge in [-0.25, -0.2) is 9.82 Å². The molecule has 0 spiro atoms. The minimum absolute atomic E-state index is 0.00407. The predicted octanol–water partition coefficient (Wildman–Crippen LogP) is 1.08. The van der Waals surface area contributed by atoms with Gasteiger partial charge in [0.05, 0.1) is 18.2 Å². The molecule has 0 bridgehead atoms. The molecule has 4 heterocycles. The van der Waals surface area contributed by atoms with Crippen LogP contribution in [0.1, 0.15) is 32.1 Å². The minimum Gasteiger partial charge on any atom is -0.371 e. The van der Waals surface area contributed by atoms with Crippen LogP contribution in [0.3, 0.4) is 0 Å². The molecule has 4 atom stereocenters. The van der Waals surface area contributed by atoms with Gasteiger partial charge >= 0.3 is 0 Å². The highest BCUT2D eigenvalue weighted by Gasteiger charge is 2.45. The fraction of sp³-hybridized carbons (Fsp3) is 0.667. The minimum atomic E-state index is -0.683. The van der Waals surface area contributed by atoms with Gasteiger partial charge in [0, 0.05) is 56.6 Å². The lowest BCUT2D eigenvalue weighted by Gasteiger charge is -2.49. The van der Waals surface area contributed by atoms with E-state index in [2.05, 4.69) is 54.8 Å². The molecular weight excluding hydrogens is 435 g/mol. The number of amides is 1. The second-order valence-electron chi connectivity index (χ2n) is 9.91. The van der Waals surface area contributed by atoms with Crippen LogP contribution in [0.5, 0.6) is 0 Å². The van der Waals surface area contributed by atoms with Crippen LogP contribution in [-0.2, 0) is 4.79 Å². The van der Waals surface area contributed by atoms with Crippen molar-refractivity contribution in [1.29, 1.82) is 5.26 Å². The monoisotopic (exact) mass is 470 g/mol. The summed E-state index contributed by atoms with van der Waals surface area (Å²) in [5.41, 5.74) is 7.83. The molecule has 9 nitrogen and oxygen atoms in total. The maximum Gasteiger partial charge on any atom is 0.242 e. The molecule has 1 aromatic rings. The summed E-state index contributed by atoms with van der Waals surface area (Å²) in [6.45, 7) is 3.98. The predicted molar refractivity (Wildman–Crippen MR) is 128 cm³/mol. The number of nitriles is 1. The van der Waals surface area contributed by atoms with Crippen molar-refractivity contribution in [2.24, 2.45) is 11.8 Å². The van der Waals surface area contributed by atoms with Gasteiger partial charge in [0.15, 0.2) is 0 Å². The van der Waals surface area contributed by atoms with E-state index in [1.807, 2.05) is 12.1 Å². The van der Waals surface area contributed by atoms with Gasteiger partial charge in [0.2, 0.25) is 5.91 Å². The lowest BCUT2D eigenvalue weighted by Crippen LogP contribution is -2.77. The zero-order valence-electron chi connectivity index (χ0n) is 19.5. The molecule has 0 aliphatic carbocycles. The fourth-order valence-corrected chi connectivity index (χ4v) is 5.65. The first-order valence-electron chi connectivity index (χ1n) is 12.5. The Morgan fingerprint density at radius 1 is 1.06 bits per heavy atom. The molecule has 0 radical (unpaired) electrons. The molecular formula is C24H35FN8O. The average Bonchev–Trinajstić information content (AvgIpc) is 2.86. The third-order valence-corrected chi connectivity index (χ3v) is 7.71. The van der Waals surface area contributed by atoms with Crippen LogP contribution in [-0.4, -0.2) is 68.2 Å². The number of halogens is 1. The van der Waals surface area contributed by atoms with Gasteiger partial charge in [0.25, 0.3) is 0 Å². The number of hydrogen-bond donors (Lipinski definition) is 5. The zero-order valence-corrected chi connectivity index (χ0v) is 19.5. The van der Waals surface area contributed by atoms with E-state index in [1.54, 1.807) is 0 Å². The summed E-state index contributed by atoms with van der Waals surface area (Å²) in [4.78, 5) is 17.3. The summed E-state index contributed by atoms with van der Waals surface area (Å²) in [5, 5.41) is 19.8. The zero-order chi connectivity index (χ0) is 23.5. The van der Waals surface area contributed by atoms with Crippen LogP contribution in [0, 0.1) is 23.2 Å². The van der Waals surface area contributed by atoms with E-state index in [0.29, 0.717) is 31.7 Å². The number of nitrogens with one attached hydrogen (secondary N) is 5. The van der Waals surface area contributed by atoms with Crippen molar-refractivity contribution in [2.75, 3.05) is 42.9 Å². The molecule has 184 valence electrons. The van der Waals surface area contributed by atoms with Crippen molar-refractivity contribution in [3.8, 4) is 6.07 Å². The van der Waals surface area contributed by atoms with Gasteiger partial charge < -0.3 is 10.2 Å². The van der Waals surface area contributed by atoms with Crippen molar-refractivity contribution in [2.45, 2.75) is 56.8 Å². The maximum absolute atomic E-state index is 13.5. The molecule has 4 fully saturated rings. The maximum atomic E-state index is 13.5. The normalized spacial score (nSPS) is 31.4. The van der Waals surface area contributed by atoms with Gasteiger partial charge in [-0.1, -0.05) is 0 Å². The third kappa shape index (κ3) is 5.13. The largest absolute Gasteiger partial charge is 0.371 e. The Morgan fingerprint density at radius 2 is 1.79 bits per heavy atom. The molecule has 1 amide bonds. The van der Waals surface area contributed by atoms with Gasteiger partial charge in [0.1, 0.15) is 12.5 Å². The summed E-state index contributed by atoms with van der Waals surface area (Å²) in [6, 6.07) is 10.5. The number of nitrogens with zero attached hydrogens (tertiary/aromatic N) is 3. The first-order chi connectivity index (χ1) is 16.6. The molecule has 10 heteroatoms. The number of anilines is 2. The smallest absolute Gasteiger partial charge is 0.242 e. The van der Waals surface area contributed by atoms with E-state index in [4.69, 9.17) is 5.26 Å². The van der Waals surface area contributed by atoms with Crippen LogP contribution >= 0.6 is 0 Å². The van der Waals surface area contributed by atoms with Crippen LogP contribution in [0.25, 0.3) is 0 Å². The molecule has 1 aromatic carbocycles. The summed E-state index contributed by atoms with van der Waals surface area (Å²) in [5.74, 6) is 0.172. The van der Waals surface area contributed by atoms with Crippen LogP contribution in [0.15, 0.2) is 24.3 Å². The Balaban J connectivity index is 1.26.